The molecule has 2 amide bonds. The Morgan fingerprint density at radius 1 is 1.07 bits per heavy atom. The summed E-state index contributed by atoms with van der Waals surface area (Å²) in [6.45, 7) is 3.64. The van der Waals surface area contributed by atoms with Crippen LogP contribution in [-0.2, 0) is 16.0 Å². The Kier molecular flexibility index (Phi) is 6.75. The van der Waals surface area contributed by atoms with Crippen molar-refractivity contribution >= 4 is 35.0 Å². The number of benzene rings is 1. The van der Waals surface area contributed by atoms with Gasteiger partial charge in [-0.05, 0) is 31.2 Å². The average molecular weight is 422 g/mol. The zero-order chi connectivity index (χ0) is 20.1. The number of pyridine rings is 1. The average Bonchev–Trinajstić information content (AvgIpc) is 2.71. The zero-order valence-electron chi connectivity index (χ0n) is 15.5. The van der Waals surface area contributed by atoms with E-state index >= 15 is 0 Å². The quantitative estimate of drug-likeness (QED) is 0.743. The molecule has 1 aromatic heterocycles. The number of piperazine rings is 1. The lowest BCUT2D eigenvalue weighted by Crippen LogP contribution is -2.53. The number of carbonyl (C=O) groups is 2. The minimum Gasteiger partial charge on any atom is -0.481 e. The summed E-state index contributed by atoms with van der Waals surface area (Å²) in [4.78, 5) is 32.7. The molecule has 0 N–H and O–H groups in total. The van der Waals surface area contributed by atoms with Gasteiger partial charge in [0, 0.05) is 44.1 Å². The highest BCUT2D eigenvalue weighted by Gasteiger charge is 2.28. The van der Waals surface area contributed by atoms with Gasteiger partial charge in [-0.15, -0.1) is 0 Å². The molecule has 2 aromatic rings. The largest absolute Gasteiger partial charge is 0.481 e. The van der Waals surface area contributed by atoms with Gasteiger partial charge in [-0.2, -0.15) is 0 Å². The standard InChI is InChI=1S/C20H21Cl2N3O3/c1-14(28-16-5-6-17(21)18(22)13-16)20(27)25-10-8-24(9-11-25)19(26)12-15-4-2-3-7-23-15/h2-7,13-14H,8-12H2,1H3. The van der Waals surface area contributed by atoms with Crippen LogP contribution >= 0.6 is 23.2 Å². The molecule has 1 saturated heterocycles. The van der Waals surface area contributed by atoms with Gasteiger partial charge in [0.05, 0.1) is 16.5 Å². The molecule has 3 rings (SSSR count). The smallest absolute Gasteiger partial charge is 0.263 e. The third-order valence-electron chi connectivity index (χ3n) is 4.55. The summed E-state index contributed by atoms with van der Waals surface area (Å²) in [6, 6.07) is 10.4. The third kappa shape index (κ3) is 5.14. The minimum absolute atomic E-state index is 0.0194. The van der Waals surface area contributed by atoms with E-state index in [1.807, 2.05) is 18.2 Å². The first-order valence-electron chi connectivity index (χ1n) is 9.02. The van der Waals surface area contributed by atoms with Crippen LogP contribution in [0.4, 0.5) is 0 Å². The molecule has 0 aliphatic carbocycles. The van der Waals surface area contributed by atoms with Crippen LogP contribution in [0.3, 0.4) is 0 Å². The molecule has 2 heterocycles. The lowest BCUT2D eigenvalue weighted by Gasteiger charge is -2.36. The lowest BCUT2D eigenvalue weighted by molar-refractivity contribution is -0.143. The molecule has 1 aromatic carbocycles. The van der Waals surface area contributed by atoms with E-state index in [0.29, 0.717) is 42.0 Å². The van der Waals surface area contributed by atoms with Crippen molar-refractivity contribution in [2.45, 2.75) is 19.4 Å². The minimum atomic E-state index is -0.659. The monoisotopic (exact) mass is 421 g/mol. The summed E-state index contributed by atoms with van der Waals surface area (Å²) >= 11 is 11.9. The van der Waals surface area contributed by atoms with Crippen molar-refractivity contribution < 1.29 is 14.3 Å². The van der Waals surface area contributed by atoms with Crippen LogP contribution in [0.25, 0.3) is 0 Å². The van der Waals surface area contributed by atoms with Gasteiger partial charge in [-0.3, -0.25) is 14.6 Å². The molecule has 0 spiro atoms. The predicted molar refractivity (Wildman–Crippen MR) is 108 cm³/mol. The molecular weight excluding hydrogens is 401 g/mol. The van der Waals surface area contributed by atoms with Gasteiger partial charge in [0.15, 0.2) is 6.10 Å². The molecule has 148 valence electrons. The highest BCUT2D eigenvalue weighted by molar-refractivity contribution is 6.42. The van der Waals surface area contributed by atoms with Crippen LogP contribution in [0.1, 0.15) is 12.6 Å². The van der Waals surface area contributed by atoms with Gasteiger partial charge < -0.3 is 14.5 Å². The normalized spacial score (nSPS) is 15.2. The topological polar surface area (TPSA) is 62.7 Å². The zero-order valence-corrected chi connectivity index (χ0v) is 17.0. The van der Waals surface area contributed by atoms with Crippen molar-refractivity contribution in [1.82, 2.24) is 14.8 Å². The lowest BCUT2D eigenvalue weighted by atomic mass is 10.2. The van der Waals surface area contributed by atoms with Crippen LogP contribution in [0, 0.1) is 0 Å². The van der Waals surface area contributed by atoms with E-state index in [4.69, 9.17) is 27.9 Å². The first-order valence-corrected chi connectivity index (χ1v) is 9.78. The van der Waals surface area contributed by atoms with Gasteiger partial charge in [-0.25, -0.2) is 0 Å². The molecular formula is C20H21Cl2N3O3. The number of hydrogen-bond acceptors (Lipinski definition) is 4. The number of hydrogen-bond donors (Lipinski definition) is 0. The molecule has 1 atom stereocenters. The molecule has 8 heteroatoms. The second kappa shape index (κ2) is 9.26. The van der Waals surface area contributed by atoms with Crippen molar-refractivity contribution in [3.8, 4) is 5.75 Å². The van der Waals surface area contributed by atoms with Crippen molar-refractivity contribution in [3.05, 3.63) is 58.3 Å². The van der Waals surface area contributed by atoms with Gasteiger partial charge in [0.1, 0.15) is 5.75 Å². The fourth-order valence-corrected chi connectivity index (χ4v) is 3.30. The number of carbonyl (C=O) groups excluding carboxylic acids is 2. The maximum absolute atomic E-state index is 12.7. The van der Waals surface area contributed by atoms with Gasteiger partial charge in [0.2, 0.25) is 5.91 Å². The van der Waals surface area contributed by atoms with Crippen LogP contribution in [0.15, 0.2) is 42.6 Å². The maximum Gasteiger partial charge on any atom is 0.263 e. The highest BCUT2D eigenvalue weighted by Crippen LogP contribution is 2.27. The third-order valence-corrected chi connectivity index (χ3v) is 5.29. The second-order valence-corrected chi connectivity index (χ2v) is 7.35. The van der Waals surface area contributed by atoms with E-state index in [9.17, 15) is 9.59 Å². The molecule has 0 radical (unpaired) electrons. The summed E-state index contributed by atoms with van der Waals surface area (Å²) in [5.74, 6) is 0.383. The Labute approximate surface area is 174 Å². The Hall–Kier alpha value is -2.31. The van der Waals surface area contributed by atoms with Crippen LogP contribution < -0.4 is 4.74 Å². The van der Waals surface area contributed by atoms with E-state index < -0.39 is 6.10 Å². The van der Waals surface area contributed by atoms with Crippen molar-refractivity contribution in [1.29, 1.82) is 0 Å². The molecule has 1 unspecified atom stereocenters. The Bertz CT molecular complexity index is 840. The van der Waals surface area contributed by atoms with Crippen LogP contribution in [-0.4, -0.2) is 58.9 Å². The number of aromatic nitrogens is 1. The fourth-order valence-electron chi connectivity index (χ4n) is 3.01. The fraction of sp³-hybridized carbons (Fsp3) is 0.350. The Morgan fingerprint density at radius 3 is 2.43 bits per heavy atom. The number of ether oxygens (including phenoxy) is 1. The first kappa shape index (κ1) is 20.4. The van der Waals surface area contributed by atoms with Gasteiger partial charge in [-0.1, -0.05) is 29.3 Å². The highest BCUT2D eigenvalue weighted by atomic mass is 35.5. The van der Waals surface area contributed by atoms with Crippen LogP contribution in [0.2, 0.25) is 10.0 Å². The second-order valence-electron chi connectivity index (χ2n) is 6.54. The summed E-state index contributed by atoms with van der Waals surface area (Å²) in [7, 11) is 0. The van der Waals surface area contributed by atoms with Crippen molar-refractivity contribution in [2.75, 3.05) is 26.2 Å². The molecule has 1 aliphatic rings. The van der Waals surface area contributed by atoms with Gasteiger partial charge in [0.25, 0.3) is 5.91 Å². The SMILES string of the molecule is CC(Oc1ccc(Cl)c(Cl)c1)C(=O)N1CCN(C(=O)Cc2ccccn2)CC1. The number of rotatable bonds is 5. The Balaban J connectivity index is 1.50. The molecule has 1 aliphatic heterocycles. The first-order chi connectivity index (χ1) is 13.4. The molecule has 28 heavy (non-hydrogen) atoms. The number of halogens is 2. The summed E-state index contributed by atoms with van der Waals surface area (Å²) < 4.78 is 5.70. The number of amides is 2. The number of nitrogens with zero attached hydrogens (tertiary/aromatic N) is 3. The summed E-state index contributed by atoms with van der Waals surface area (Å²) in [6.07, 6.45) is 1.29. The van der Waals surface area contributed by atoms with Crippen molar-refractivity contribution in [2.24, 2.45) is 0 Å². The van der Waals surface area contributed by atoms with E-state index in [1.54, 1.807) is 41.1 Å². The summed E-state index contributed by atoms with van der Waals surface area (Å²) in [5, 5.41) is 0.804. The van der Waals surface area contributed by atoms with Crippen LogP contribution in [0.5, 0.6) is 5.75 Å². The van der Waals surface area contributed by atoms with E-state index in [1.165, 1.54) is 0 Å². The van der Waals surface area contributed by atoms with Crippen molar-refractivity contribution in [3.63, 3.8) is 0 Å². The van der Waals surface area contributed by atoms with Gasteiger partial charge >= 0.3 is 0 Å². The van der Waals surface area contributed by atoms with E-state index in [0.717, 1.165) is 5.69 Å². The maximum atomic E-state index is 12.7. The van der Waals surface area contributed by atoms with E-state index in [2.05, 4.69) is 4.98 Å². The Morgan fingerprint density at radius 2 is 1.79 bits per heavy atom. The molecule has 1 fully saturated rings. The molecule has 0 saturated carbocycles. The summed E-state index contributed by atoms with van der Waals surface area (Å²) in [5.41, 5.74) is 0.745. The van der Waals surface area contributed by atoms with E-state index in [-0.39, 0.29) is 18.2 Å². The molecule has 0 bridgehead atoms. The molecule has 6 nitrogen and oxygen atoms in total. The predicted octanol–water partition coefficient (Wildman–Crippen LogP) is 3.07.